The normalized spacial score (nSPS) is 13.0. The summed E-state index contributed by atoms with van der Waals surface area (Å²) in [5, 5.41) is 0. The fourth-order valence-electron chi connectivity index (χ4n) is 1.20. The predicted molar refractivity (Wildman–Crippen MR) is 69.8 cm³/mol. The second kappa shape index (κ2) is 5.59. The van der Waals surface area contributed by atoms with Crippen LogP contribution < -0.4 is 4.74 Å². The highest BCUT2D eigenvalue weighted by Crippen LogP contribution is 2.30. The number of carbonyl (C=O) groups excluding carboxylic acids is 1. The highest BCUT2D eigenvalue weighted by atomic mass is 79.9. The summed E-state index contributed by atoms with van der Waals surface area (Å²) in [5.41, 5.74) is 0. The minimum Gasteiger partial charge on any atom is -0.496 e. The minimum absolute atomic E-state index is 0.116. The molecular weight excluding hydrogens is 351 g/mol. The van der Waals surface area contributed by atoms with Gasteiger partial charge in [-0.1, -0.05) is 10.1 Å². The van der Waals surface area contributed by atoms with Gasteiger partial charge in [-0.25, -0.2) is 0 Å². The molecular formula is C10H11BrF3NO3S. The first-order valence-electron chi connectivity index (χ1n) is 4.85. The Bertz CT molecular complexity index is 553. The molecule has 0 aromatic heterocycles. The molecule has 0 aliphatic rings. The smallest absolute Gasteiger partial charge is 0.474 e. The third kappa shape index (κ3) is 4.02. The van der Waals surface area contributed by atoms with Crippen LogP contribution in [-0.2, 0) is 14.9 Å². The number of rotatable bonds is 2. The number of amides is 1. The van der Waals surface area contributed by atoms with Crippen molar-refractivity contribution in [1.82, 2.24) is 0 Å². The molecule has 0 saturated carbocycles. The Morgan fingerprint density at radius 2 is 2.05 bits per heavy atom. The summed E-state index contributed by atoms with van der Waals surface area (Å²) in [6, 6.07) is 4.22. The van der Waals surface area contributed by atoms with Gasteiger partial charge in [0.15, 0.2) is 0 Å². The van der Waals surface area contributed by atoms with Gasteiger partial charge in [0, 0.05) is 4.90 Å². The van der Waals surface area contributed by atoms with Crippen LogP contribution in [-0.4, -0.2) is 30.0 Å². The van der Waals surface area contributed by atoms with Crippen LogP contribution in [0.2, 0.25) is 0 Å². The van der Waals surface area contributed by atoms with Crippen LogP contribution in [0.1, 0.15) is 0 Å². The van der Waals surface area contributed by atoms with Crippen LogP contribution in [0, 0.1) is 0 Å². The summed E-state index contributed by atoms with van der Waals surface area (Å²) in [5.74, 6) is -1.97. The molecule has 4 nitrogen and oxygen atoms in total. The van der Waals surface area contributed by atoms with Gasteiger partial charge in [-0.3, -0.25) is 4.79 Å². The third-order valence-electron chi connectivity index (χ3n) is 2.15. The third-order valence-corrected chi connectivity index (χ3v) is 4.63. The first-order chi connectivity index (χ1) is 8.58. The maximum absolute atomic E-state index is 12.1. The van der Waals surface area contributed by atoms with Gasteiger partial charge >= 0.3 is 12.1 Å². The average molecular weight is 362 g/mol. The minimum atomic E-state index is -5.09. The van der Waals surface area contributed by atoms with Gasteiger partial charge in [-0.05, 0) is 40.4 Å². The van der Waals surface area contributed by atoms with E-state index in [1.807, 2.05) is 0 Å². The van der Waals surface area contributed by atoms with Crippen molar-refractivity contribution >= 4 is 31.9 Å². The SMILES string of the molecule is COc1cc([SH](C)(O)=NC(=O)C(F)(F)F)ccc1Br. The second-order valence-electron chi connectivity index (χ2n) is 3.63. The molecule has 0 fully saturated rings. The molecule has 9 heteroatoms. The van der Waals surface area contributed by atoms with E-state index in [4.69, 9.17) is 4.74 Å². The Balaban J connectivity index is 3.27. The van der Waals surface area contributed by atoms with Crippen LogP contribution in [0.5, 0.6) is 5.75 Å². The topological polar surface area (TPSA) is 58.9 Å². The van der Waals surface area contributed by atoms with Crippen molar-refractivity contribution < 1.29 is 27.3 Å². The summed E-state index contributed by atoms with van der Waals surface area (Å²) in [4.78, 5) is 10.9. The molecule has 1 aromatic carbocycles. The monoisotopic (exact) mass is 361 g/mol. The molecule has 0 saturated heterocycles. The molecule has 1 N–H and O–H groups in total. The Morgan fingerprint density at radius 1 is 1.47 bits per heavy atom. The molecule has 1 amide bonds. The van der Waals surface area contributed by atoms with E-state index in [0.717, 1.165) is 6.26 Å². The zero-order valence-corrected chi connectivity index (χ0v) is 12.4. The average Bonchev–Trinajstić information content (AvgIpc) is 2.27. The van der Waals surface area contributed by atoms with E-state index in [1.165, 1.54) is 25.3 Å². The van der Waals surface area contributed by atoms with E-state index >= 15 is 0 Å². The summed E-state index contributed by atoms with van der Waals surface area (Å²) < 4.78 is 54.8. The highest BCUT2D eigenvalue weighted by Gasteiger charge is 2.39. The molecule has 0 unspecified atom stereocenters. The standard InChI is InChI=1S/C10H11BrF3NO3S/c1-18-8-5-6(3-4-7(8)11)19(2,17)15-9(16)10(12,13)14/h3-5,19H,1-2H3,(H,15,16,17). The molecule has 0 spiro atoms. The van der Waals surface area contributed by atoms with Gasteiger partial charge in [-0.2, -0.15) is 17.5 Å². The quantitative estimate of drug-likeness (QED) is 0.795. The van der Waals surface area contributed by atoms with Crippen molar-refractivity contribution in [2.75, 3.05) is 13.4 Å². The Morgan fingerprint density at radius 3 is 2.53 bits per heavy atom. The second-order valence-corrected chi connectivity index (χ2v) is 7.03. The summed E-state index contributed by atoms with van der Waals surface area (Å²) in [7, 11) is -2.18. The van der Waals surface area contributed by atoms with Gasteiger partial charge in [0.2, 0.25) is 0 Å². The van der Waals surface area contributed by atoms with Gasteiger partial charge in [-0.15, -0.1) is 0 Å². The summed E-state index contributed by atoms with van der Waals surface area (Å²) in [6.07, 6.45) is -4.00. The highest BCUT2D eigenvalue weighted by molar-refractivity contribution is 9.10. The first kappa shape index (κ1) is 16.1. The number of nitrogens with zero attached hydrogens (tertiary/aromatic N) is 1. The van der Waals surface area contributed by atoms with Crippen LogP contribution >= 0.6 is 15.9 Å². The number of thiol groups is 1. The number of ether oxygens (including phenoxy) is 1. The number of benzene rings is 1. The Kier molecular flexibility index (Phi) is 4.75. The molecule has 0 aliphatic heterocycles. The van der Waals surface area contributed by atoms with E-state index in [2.05, 4.69) is 20.3 Å². The number of hydrogen-bond acceptors (Lipinski definition) is 2. The molecule has 1 rings (SSSR count). The molecule has 1 aromatic rings. The van der Waals surface area contributed by atoms with Gasteiger partial charge in [0.1, 0.15) is 5.75 Å². The summed E-state index contributed by atoms with van der Waals surface area (Å²) in [6.45, 7) is 0. The van der Waals surface area contributed by atoms with Crippen LogP contribution in [0.3, 0.4) is 0 Å². The van der Waals surface area contributed by atoms with E-state index in [-0.39, 0.29) is 4.90 Å². The first-order valence-corrected chi connectivity index (χ1v) is 7.79. The molecule has 0 atom stereocenters. The fraction of sp³-hybridized carbons (Fsp3) is 0.300. The lowest BCUT2D eigenvalue weighted by Gasteiger charge is -2.19. The number of hydrogen-bond donors (Lipinski definition) is 2. The predicted octanol–water partition coefficient (Wildman–Crippen LogP) is 3.08. The van der Waals surface area contributed by atoms with Crippen molar-refractivity contribution in [1.29, 1.82) is 0 Å². The van der Waals surface area contributed by atoms with Crippen molar-refractivity contribution in [3.8, 4) is 5.75 Å². The van der Waals surface area contributed by atoms with Crippen LogP contribution in [0.4, 0.5) is 13.2 Å². The number of halogens is 4. The molecule has 19 heavy (non-hydrogen) atoms. The Labute approximate surface area is 117 Å². The van der Waals surface area contributed by atoms with Crippen molar-refractivity contribution in [2.24, 2.45) is 4.36 Å². The summed E-state index contributed by atoms with van der Waals surface area (Å²) >= 11 is 3.17. The van der Waals surface area contributed by atoms with E-state index in [9.17, 15) is 22.5 Å². The lowest BCUT2D eigenvalue weighted by atomic mass is 10.3. The Hall–Kier alpha value is -0.930. The van der Waals surface area contributed by atoms with Gasteiger partial charge < -0.3 is 9.29 Å². The van der Waals surface area contributed by atoms with E-state index in [1.54, 1.807) is 0 Å². The van der Waals surface area contributed by atoms with Crippen molar-refractivity contribution in [2.45, 2.75) is 11.1 Å². The number of methoxy groups -OCH3 is 1. The van der Waals surface area contributed by atoms with Gasteiger partial charge in [0.25, 0.3) is 0 Å². The lowest BCUT2D eigenvalue weighted by molar-refractivity contribution is -0.169. The maximum atomic E-state index is 12.1. The molecule has 0 heterocycles. The molecule has 108 valence electrons. The molecule has 0 bridgehead atoms. The van der Waals surface area contributed by atoms with E-state index in [0.29, 0.717) is 10.2 Å². The number of carbonyl (C=O) groups is 1. The van der Waals surface area contributed by atoms with E-state index < -0.39 is 22.2 Å². The zero-order chi connectivity index (χ0) is 14.8. The van der Waals surface area contributed by atoms with Crippen LogP contribution in [0.25, 0.3) is 0 Å². The lowest BCUT2D eigenvalue weighted by Crippen LogP contribution is -2.23. The van der Waals surface area contributed by atoms with Gasteiger partial charge in [0.05, 0.1) is 11.6 Å². The van der Waals surface area contributed by atoms with Crippen LogP contribution in [0.15, 0.2) is 31.9 Å². The molecule has 0 radical (unpaired) electrons. The fourth-order valence-corrected chi connectivity index (χ4v) is 2.91. The maximum Gasteiger partial charge on any atom is 0.474 e. The molecule has 0 aliphatic carbocycles. The number of alkyl halides is 3. The largest absolute Gasteiger partial charge is 0.496 e. The van der Waals surface area contributed by atoms with Crippen molar-refractivity contribution in [3.63, 3.8) is 0 Å². The van der Waals surface area contributed by atoms with Crippen molar-refractivity contribution in [3.05, 3.63) is 22.7 Å². The zero-order valence-electron chi connectivity index (χ0n) is 9.90.